The number of rotatable bonds is 8. The van der Waals surface area contributed by atoms with Crippen LogP contribution in [0.4, 0.5) is 0 Å². The van der Waals surface area contributed by atoms with Crippen LogP contribution in [0.3, 0.4) is 0 Å². The topological polar surface area (TPSA) is 9.23 Å². The maximum atomic E-state index is 5.74. The van der Waals surface area contributed by atoms with E-state index in [0.29, 0.717) is 13.2 Å². The van der Waals surface area contributed by atoms with Crippen LogP contribution in [0.2, 0.25) is 0 Å². The van der Waals surface area contributed by atoms with Gasteiger partial charge in [-0.05, 0) is 59.8 Å². The standard InChI is InChI=1S/C30H38O/c1-3-11-27(12-4-1)29-19-15-25(16-20-29)9-7-23-31-24-8-10-26-17-21-30(22-18-26)28-13-5-2-6-14-28/h7-10,15-22,27-28H,1-6,11-14,23-24H2. The van der Waals surface area contributed by atoms with E-state index in [-0.39, 0.29) is 0 Å². The fraction of sp³-hybridized carbons (Fsp3) is 0.467. The lowest BCUT2D eigenvalue weighted by molar-refractivity contribution is 0.195. The second kappa shape index (κ2) is 12.1. The Hall–Kier alpha value is -2.12. The molecule has 0 unspecified atom stereocenters. The fourth-order valence-electron chi connectivity index (χ4n) is 5.20. The Morgan fingerprint density at radius 1 is 0.548 bits per heavy atom. The molecule has 0 radical (unpaired) electrons. The first kappa shape index (κ1) is 22.1. The van der Waals surface area contributed by atoms with Gasteiger partial charge in [0.25, 0.3) is 0 Å². The molecule has 0 bridgehead atoms. The normalized spacial score (nSPS) is 18.8. The Balaban J connectivity index is 1.15. The predicted octanol–water partition coefficient (Wildman–Crippen LogP) is 8.53. The van der Waals surface area contributed by atoms with Gasteiger partial charge in [-0.15, -0.1) is 0 Å². The monoisotopic (exact) mass is 414 g/mol. The smallest absolute Gasteiger partial charge is 0.0655 e. The molecule has 0 atom stereocenters. The first-order valence-corrected chi connectivity index (χ1v) is 12.5. The molecule has 0 aromatic heterocycles. The van der Waals surface area contributed by atoms with Crippen molar-refractivity contribution in [2.45, 2.75) is 76.0 Å². The van der Waals surface area contributed by atoms with Gasteiger partial charge in [0.15, 0.2) is 0 Å². The molecule has 1 nitrogen and oxygen atoms in total. The van der Waals surface area contributed by atoms with E-state index >= 15 is 0 Å². The summed E-state index contributed by atoms with van der Waals surface area (Å²) in [6, 6.07) is 18.3. The lowest BCUT2D eigenvalue weighted by Gasteiger charge is -2.21. The van der Waals surface area contributed by atoms with Gasteiger partial charge in [-0.25, -0.2) is 0 Å². The van der Waals surface area contributed by atoms with Gasteiger partial charge in [-0.2, -0.15) is 0 Å². The van der Waals surface area contributed by atoms with Crippen molar-refractivity contribution in [1.82, 2.24) is 0 Å². The fourth-order valence-corrected chi connectivity index (χ4v) is 5.20. The lowest BCUT2D eigenvalue weighted by atomic mass is 9.84. The molecule has 2 aliphatic carbocycles. The highest BCUT2D eigenvalue weighted by Crippen LogP contribution is 2.33. The Kier molecular flexibility index (Phi) is 8.59. The van der Waals surface area contributed by atoms with Crippen LogP contribution in [-0.4, -0.2) is 13.2 Å². The van der Waals surface area contributed by atoms with Crippen molar-refractivity contribution in [2.24, 2.45) is 0 Å². The minimum atomic E-state index is 0.648. The third-order valence-electron chi connectivity index (χ3n) is 7.07. The maximum Gasteiger partial charge on any atom is 0.0655 e. The molecule has 0 spiro atoms. The van der Waals surface area contributed by atoms with Crippen LogP contribution in [0.5, 0.6) is 0 Å². The first-order valence-electron chi connectivity index (χ1n) is 12.5. The second-order valence-corrected chi connectivity index (χ2v) is 9.35. The largest absolute Gasteiger partial charge is 0.373 e. The van der Waals surface area contributed by atoms with Gasteiger partial charge in [0, 0.05) is 0 Å². The van der Waals surface area contributed by atoms with Crippen molar-refractivity contribution in [2.75, 3.05) is 13.2 Å². The zero-order valence-electron chi connectivity index (χ0n) is 19.0. The van der Waals surface area contributed by atoms with E-state index in [1.54, 1.807) is 0 Å². The van der Waals surface area contributed by atoms with Crippen molar-refractivity contribution in [3.8, 4) is 0 Å². The van der Waals surface area contributed by atoms with Crippen LogP contribution in [0.25, 0.3) is 12.2 Å². The second-order valence-electron chi connectivity index (χ2n) is 9.35. The molecule has 1 heteroatoms. The van der Waals surface area contributed by atoms with Crippen LogP contribution >= 0.6 is 0 Å². The minimum Gasteiger partial charge on any atom is -0.373 e. The number of hydrogen-bond acceptors (Lipinski definition) is 1. The molecule has 164 valence electrons. The van der Waals surface area contributed by atoms with E-state index in [1.165, 1.54) is 86.5 Å². The van der Waals surface area contributed by atoms with Gasteiger partial charge in [0.2, 0.25) is 0 Å². The lowest BCUT2D eigenvalue weighted by Crippen LogP contribution is -2.04. The first-order chi connectivity index (χ1) is 15.4. The highest BCUT2D eigenvalue weighted by molar-refractivity contribution is 5.51. The van der Waals surface area contributed by atoms with Crippen LogP contribution in [0.15, 0.2) is 60.7 Å². The van der Waals surface area contributed by atoms with Gasteiger partial charge in [-0.1, -0.05) is 111 Å². The van der Waals surface area contributed by atoms with Crippen molar-refractivity contribution in [3.63, 3.8) is 0 Å². The molecule has 31 heavy (non-hydrogen) atoms. The average molecular weight is 415 g/mol. The Morgan fingerprint density at radius 2 is 0.935 bits per heavy atom. The summed E-state index contributed by atoms with van der Waals surface area (Å²) in [6.07, 6.45) is 22.4. The van der Waals surface area contributed by atoms with Gasteiger partial charge in [0.05, 0.1) is 13.2 Å². The molecule has 0 N–H and O–H groups in total. The Bertz CT molecular complexity index is 744. The SMILES string of the molecule is C(=Cc1ccc(C2CCCCC2)cc1)COCC=Cc1ccc(C2CCCCC2)cc1. The van der Waals surface area contributed by atoms with Gasteiger partial charge in [0.1, 0.15) is 0 Å². The van der Waals surface area contributed by atoms with E-state index < -0.39 is 0 Å². The molecule has 2 aliphatic rings. The zero-order chi connectivity index (χ0) is 21.1. The van der Waals surface area contributed by atoms with Crippen molar-refractivity contribution < 1.29 is 4.74 Å². The number of ether oxygens (including phenoxy) is 1. The summed E-state index contributed by atoms with van der Waals surface area (Å²) >= 11 is 0. The van der Waals surface area contributed by atoms with E-state index in [1.807, 2.05) is 0 Å². The summed E-state index contributed by atoms with van der Waals surface area (Å²) in [5.41, 5.74) is 5.56. The Morgan fingerprint density at radius 3 is 1.32 bits per heavy atom. The molecular weight excluding hydrogens is 376 g/mol. The summed E-state index contributed by atoms with van der Waals surface area (Å²) in [6.45, 7) is 1.30. The van der Waals surface area contributed by atoms with Crippen molar-refractivity contribution in [3.05, 3.63) is 82.9 Å². The molecule has 0 heterocycles. The van der Waals surface area contributed by atoms with E-state index in [0.717, 1.165) is 11.8 Å². The molecule has 2 aromatic rings. The summed E-state index contributed by atoms with van der Waals surface area (Å²) < 4.78 is 5.74. The van der Waals surface area contributed by atoms with Gasteiger partial charge >= 0.3 is 0 Å². The number of benzene rings is 2. The summed E-state index contributed by atoms with van der Waals surface area (Å²) in [4.78, 5) is 0. The Labute approximate surface area is 189 Å². The van der Waals surface area contributed by atoms with Crippen molar-refractivity contribution in [1.29, 1.82) is 0 Å². The summed E-state index contributed by atoms with van der Waals surface area (Å²) in [5.74, 6) is 1.57. The maximum absolute atomic E-state index is 5.74. The molecular formula is C30H38O. The molecule has 0 saturated heterocycles. The molecule has 0 amide bonds. The third kappa shape index (κ3) is 6.94. The van der Waals surface area contributed by atoms with E-state index in [2.05, 4.69) is 72.8 Å². The minimum absolute atomic E-state index is 0.648. The summed E-state index contributed by atoms with van der Waals surface area (Å²) in [5, 5.41) is 0. The third-order valence-corrected chi connectivity index (χ3v) is 7.07. The van der Waals surface area contributed by atoms with Crippen molar-refractivity contribution >= 4 is 12.2 Å². The molecule has 4 rings (SSSR count). The van der Waals surface area contributed by atoms with Gasteiger partial charge in [-0.3, -0.25) is 0 Å². The highest BCUT2D eigenvalue weighted by atomic mass is 16.5. The van der Waals surface area contributed by atoms with Gasteiger partial charge < -0.3 is 4.74 Å². The zero-order valence-corrected chi connectivity index (χ0v) is 19.0. The highest BCUT2D eigenvalue weighted by Gasteiger charge is 2.15. The molecule has 2 aromatic carbocycles. The molecule has 0 aliphatic heterocycles. The molecule has 2 fully saturated rings. The van der Waals surface area contributed by atoms with Crippen LogP contribution in [-0.2, 0) is 4.74 Å². The molecule has 2 saturated carbocycles. The number of hydrogen-bond donors (Lipinski definition) is 0. The average Bonchev–Trinajstić information content (AvgIpc) is 2.85. The summed E-state index contributed by atoms with van der Waals surface area (Å²) in [7, 11) is 0. The van der Waals surface area contributed by atoms with Crippen LogP contribution < -0.4 is 0 Å². The quantitative estimate of drug-likeness (QED) is 0.393. The predicted molar refractivity (Wildman–Crippen MR) is 133 cm³/mol. The van der Waals surface area contributed by atoms with Crippen LogP contribution in [0, 0.1) is 0 Å². The van der Waals surface area contributed by atoms with Crippen LogP contribution in [0.1, 0.15) is 98.3 Å². The van der Waals surface area contributed by atoms with E-state index in [9.17, 15) is 0 Å². The van der Waals surface area contributed by atoms with E-state index in [4.69, 9.17) is 4.74 Å².